The van der Waals surface area contributed by atoms with Crippen LogP contribution in [0, 0.1) is 0 Å². The number of carbonyl (C=O) groups excluding carboxylic acids is 1. The van der Waals surface area contributed by atoms with Gasteiger partial charge in [-0.15, -0.1) is 0 Å². The fourth-order valence-corrected chi connectivity index (χ4v) is 2.60. The number of aromatic amines is 1. The second kappa shape index (κ2) is 6.55. The summed E-state index contributed by atoms with van der Waals surface area (Å²) in [5, 5.41) is 22.3. The molecule has 0 atom stereocenters. The van der Waals surface area contributed by atoms with Gasteiger partial charge in [0, 0.05) is 29.3 Å². The lowest BCUT2D eigenvalue weighted by atomic mass is 9.99. The number of fused-ring (bicyclic) bond motifs is 1. The molecule has 1 heterocycles. The number of aliphatic hydroxyl groups excluding tert-OH is 1. The van der Waals surface area contributed by atoms with Crippen molar-refractivity contribution in [2.45, 2.75) is 0 Å². The van der Waals surface area contributed by atoms with E-state index in [4.69, 9.17) is 5.11 Å². The number of phenolic OH excluding ortho intramolecular Hbond substituents is 1. The van der Waals surface area contributed by atoms with Crippen molar-refractivity contribution in [3.05, 3.63) is 64.6 Å². The summed E-state index contributed by atoms with van der Waals surface area (Å²) in [5.74, 6) is -0.247. The van der Waals surface area contributed by atoms with Crippen LogP contribution in [0.2, 0.25) is 0 Å². The molecular formula is C18H16N2O4. The van der Waals surface area contributed by atoms with Gasteiger partial charge in [0.05, 0.1) is 12.0 Å². The molecule has 0 bridgehead atoms. The molecule has 24 heavy (non-hydrogen) atoms. The molecule has 0 aliphatic carbocycles. The number of phenols is 1. The van der Waals surface area contributed by atoms with E-state index >= 15 is 0 Å². The minimum absolute atomic E-state index is 0.0263. The van der Waals surface area contributed by atoms with Crippen LogP contribution in [0.1, 0.15) is 10.4 Å². The highest BCUT2D eigenvalue weighted by molar-refractivity contribution is 6.00. The van der Waals surface area contributed by atoms with Gasteiger partial charge in [-0.3, -0.25) is 9.59 Å². The van der Waals surface area contributed by atoms with E-state index in [-0.39, 0.29) is 30.4 Å². The fraction of sp³-hybridized carbons (Fsp3) is 0.111. The van der Waals surface area contributed by atoms with Crippen LogP contribution in [0.5, 0.6) is 5.75 Å². The first kappa shape index (κ1) is 15.8. The second-order valence-electron chi connectivity index (χ2n) is 5.29. The second-order valence-corrected chi connectivity index (χ2v) is 5.29. The molecule has 6 nitrogen and oxygen atoms in total. The van der Waals surface area contributed by atoms with Crippen LogP contribution in [-0.2, 0) is 0 Å². The van der Waals surface area contributed by atoms with Crippen molar-refractivity contribution in [2.24, 2.45) is 0 Å². The Bertz CT molecular complexity index is 945. The van der Waals surface area contributed by atoms with Crippen LogP contribution in [0.15, 0.2) is 53.5 Å². The van der Waals surface area contributed by atoms with E-state index in [1.54, 1.807) is 42.6 Å². The number of rotatable bonds is 4. The molecular weight excluding hydrogens is 308 g/mol. The van der Waals surface area contributed by atoms with Crippen molar-refractivity contribution in [3.63, 3.8) is 0 Å². The zero-order chi connectivity index (χ0) is 17.1. The fourth-order valence-electron chi connectivity index (χ4n) is 2.60. The average molecular weight is 324 g/mol. The highest BCUT2D eigenvalue weighted by Gasteiger charge is 2.11. The van der Waals surface area contributed by atoms with Crippen molar-refractivity contribution < 1.29 is 15.0 Å². The standard InChI is InChI=1S/C18H16N2O4/c21-9-8-19-17(23)12-6-4-11(5-7-12)14-10-20-18(24)13-2-1-3-15(22)16(13)14/h1-7,10,21-22H,8-9H2,(H,19,23)(H,20,24). The van der Waals surface area contributed by atoms with Gasteiger partial charge in [-0.05, 0) is 29.8 Å². The molecule has 1 amide bonds. The van der Waals surface area contributed by atoms with Gasteiger partial charge in [-0.25, -0.2) is 0 Å². The molecule has 122 valence electrons. The van der Waals surface area contributed by atoms with Gasteiger partial charge >= 0.3 is 0 Å². The zero-order valence-corrected chi connectivity index (χ0v) is 12.7. The number of aromatic nitrogens is 1. The number of H-pyrrole nitrogens is 1. The summed E-state index contributed by atoms with van der Waals surface area (Å²) in [4.78, 5) is 26.4. The van der Waals surface area contributed by atoms with E-state index < -0.39 is 0 Å². The minimum atomic E-state index is -0.273. The lowest BCUT2D eigenvalue weighted by molar-refractivity contribution is 0.0945. The first-order chi connectivity index (χ1) is 11.6. The van der Waals surface area contributed by atoms with Crippen molar-refractivity contribution in [3.8, 4) is 16.9 Å². The molecule has 0 saturated heterocycles. The van der Waals surface area contributed by atoms with Crippen molar-refractivity contribution in [1.82, 2.24) is 10.3 Å². The third-order valence-corrected chi connectivity index (χ3v) is 3.76. The predicted molar refractivity (Wildman–Crippen MR) is 91.1 cm³/mol. The molecule has 0 aliphatic heterocycles. The highest BCUT2D eigenvalue weighted by Crippen LogP contribution is 2.32. The molecule has 6 heteroatoms. The van der Waals surface area contributed by atoms with E-state index in [9.17, 15) is 14.7 Å². The number of benzene rings is 2. The Hall–Kier alpha value is -3.12. The van der Waals surface area contributed by atoms with Crippen LogP contribution in [0.3, 0.4) is 0 Å². The smallest absolute Gasteiger partial charge is 0.255 e. The molecule has 0 saturated carbocycles. The number of amides is 1. The Morgan fingerprint density at radius 3 is 2.58 bits per heavy atom. The number of nitrogens with one attached hydrogen (secondary N) is 2. The molecule has 1 aromatic heterocycles. The van der Waals surface area contributed by atoms with Crippen LogP contribution in [-0.4, -0.2) is 34.3 Å². The maximum Gasteiger partial charge on any atom is 0.255 e. The zero-order valence-electron chi connectivity index (χ0n) is 12.7. The van der Waals surface area contributed by atoms with Crippen molar-refractivity contribution in [1.29, 1.82) is 0 Å². The Balaban J connectivity index is 2.04. The maximum atomic E-state index is 11.9. The summed E-state index contributed by atoms with van der Waals surface area (Å²) in [6.45, 7) is 0.0749. The third-order valence-electron chi connectivity index (χ3n) is 3.76. The van der Waals surface area contributed by atoms with E-state index in [1.165, 1.54) is 6.07 Å². The number of hydrogen-bond donors (Lipinski definition) is 4. The number of hydrogen-bond acceptors (Lipinski definition) is 4. The molecule has 0 unspecified atom stereocenters. The third kappa shape index (κ3) is 2.87. The summed E-state index contributed by atoms with van der Waals surface area (Å²) in [6.07, 6.45) is 1.55. The highest BCUT2D eigenvalue weighted by atomic mass is 16.3. The van der Waals surface area contributed by atoms with Gasteiger partial charge in [-0.2, -0.15) is 0 Å². The van der Waals surface area contributed by atoms with Crippen LogP contribution in [0.25, 0.3) is 21.9 Å². The molecule has 0 spiro atoms. The molecule has 4 N–H and O–H groups in total. The lowest BCUT2D eigenvalue weighted by Crippen LogP contribution is -2.26. The van der Waals surface area contributed by atoms with E-state index in [1.807, 2.05) is 0 Å². The van der Waals surface area contributed by atoms with E-state index in [0.717, 1.165) is 5.56 Å². The summed E-state index contributed by atoms with van der Waals surface area (Å²) < 4.78 is 0. The average Bonchev–Trinajstić information content (AvgIpc) is 2.61. The molecule has 0 radical (unpaired) electrons. The summed E-state index contributed by atoms with van der Waals surface area (Å²) in [6, 6.07) is 11.6. The lowest BCUT2D eigenvalue weighted by Gasteiger charge is -2.09. The Labute approximate surface area is 137 Å². The molecule has 0 aliphatic rings. The largest absolute Gasteiger partial charge is 0.507 e. The summed E-state index contributed by atoms with van der Waals surface area (Å²) in [7, 11) is 0. The maximum absolute atomic E-state index is 11.9. The van der Waals surface area contributed by atoms with Gasteiger partial charge in [0.25, 0.3) is 11.5 Å². The SMILES string of the molecule is O=C(NCCO)c1ccc(-c2c[nH]c(=O)c3cccc(O)c23)cc1. The number of aromatic hydroxyl groups is 1. The normalized spacial score (nSPS) is 10.7. The van der Waals surface area contributed by atoms with E-state index in [2.05, 4.69) is 10.3 Å². The minimum Gasteiger partial charge on any atom is -0.507 e. The van der Waals surface area contributed by atoms with Crippen molar-refractivity contribution >= 4 is 16.7 Å². The summed E-state index contributed by atoms with van der Waals surface area (Å²) in [5.41, 5.74) is 1.62. The molecule has 2 aromatic carbocycles. The van der Waals surface area contributed by atoms with Gasteiger partial charge in [-0.1, -0.05) is 18.2 Å². The Morgan fingerprint density at radius 2 is 1.88 bits per heavy atom. The molecule has 0 fully saturated rings. The van der Waals surface area contributed by atoms with Crippen LogP contribution >= 0.6 is 0 Å². The number of aliphatic hydroxyl groups is 1. The monoisotopic (exact) mass is 324 g/mol. The van der Waals surface area contributed by atoms with Crippen LogP contribution in [0.4, 0.5) is 0 Å². The topological polar surface area (TPSA) is 102 Å². The molecule has 3 aromatic rings. The van der Waals surface area contributed by atoms with E-state index in [0.29, 0.717) is 21.9 Å². The van der Waals surface area contributed by atoms with Crippen molar-refractivity contribution in [2.75, 3.05) is 13.2 Å². The first-order valence-electron chi connectivity index (χ1n) is 7.44. The predicted octanol–water partition coefficient (Wildman–Crippen LogP) is 1.62. The Morgan fingerprint density at radius 1 is 1.12 bits per heavy atom. The van der Waals surface area contributed by atoms with Gasteiger partial charge in [0.1, 0.15) is 5.75 Å². The quantitative estimate of drug-likeness (QED) is 0.585. The number of carbonyl (C=O) groups is 1. The number of pyridine rings is 1. The van der Waals surface area contributed by atoms with Gasteiger partial charge < -0.3 is 20.5 Å². The molecule has 3 rings (SSSR count). The Kier molecular flexibility index (Phi) is 4.31. The first-order valence-corrected chi connectivity index (χ1v) is 7.44. The van der Waals surface area contributed by atoms with Crippen LogP contribution < -0.4 is 10.9 Å². The van der Waals surface area contributed by atoms with Gasteiger partial charge in [0.15, 0.2) is 0 Å². The summed E-state index contributed by atoms with van der Waals surface area (Å²) >= 11 is 0. The van der Waals surface area contributed by atoms with Gasteiger partial charge in [0.2, 0.25) is 0 Å².